The number of esters is 1. The number of nitrogens with one attached hydrogen (secondary N) is 1. The average Bonchev–Trinajstić information content (AvgIpc) is 3.02. The van der Waals surface area contributed by atoms with Crippen molar-refractivity contribution in [1.82, 2.24) is 10.2 Å². The Morgan fingerprint density at radius 2 is 2.00 bits per heavy atom. The quantitative estimate of drug-likeness (QED) is 0.823. The van der Waals surface area contributed by atoms with Gasteiger partial charge >= 0.3 is 5.97 Å². The smallest absolute Gasteiger partial charge is 0.358 e. The molecule has 1 saturated heterocycles. The summed E-state index contributed by atoms with van der Waals surface area (Å²) in [6.45, 7) is 0.574. The topological polar surface area (TPSA) is 93.7 Å². The van der Waals surface area contributed by atoms with Crippen molar-refractivity contribution < 1.29 is 19.1 Å². The molecule has 1 atom stereocenters. The normalized spacial score (nSPS) is 16.6. The highest BCUT2D eigenvalue weighted by atomic mass is 16.5. The Bertz CT molecular complexity index is 778. The van der Waals surface area contributed by atoms with Crippen molar-refractivity contribution in [3.8, 4) is 5.75 Å². The first-order valence-electron chi connectivity index (χ1n) is 7.77. The van der Waals surface area contributed by atoms with Crippen molar-refractivity contribution >= 4 is 23.4 Å². The van der Waals surface area contributed by atoms with E-state index in [1.165, 1.54) is 13.2 Å². The minimum absolute atomic E-state index is 0.0663. The summed E-state index contributed by atoms with van der Waals surface area (Å²) in [4.78, 5) is 25.7. The second-order valence-electron chi connectivity index (χ2n) is 5.44. The van der Waals surface area contributed by atoms with Gasteiger partial charge in [0.15, 0.2) is 5.69 Å². The van der Waals surface area contributed by atoms with E-state index in [0.29, 0.717) is 24.5 Å². The second-order valence-corrected chi connectivity index (χ2v) is 5.44. The average molecular weight is 342 g/mol. The number of methoxy groups -OCH3 is 2. The molecule has 1 aromatic carbocycles. The SMILES string of the molecule is COC(=O)c1ccc(N[C@H]2CCN(c3ccccc3OC)C2=O)nn1. The van der Waals surface area contributed by atoms with E-state index in [4.69, 9.17) is 4.74 Å². The monoisotopic (exact) mass is 342 g/mol. The molecule has 2 heterocycles. The molecule has 0 spiro atoms. The molecule has 0 bridgehead atoms. The molecule has 8 nitrogen and oxygen atoms in total. The zero-order valence-corrected chi connectivity index (χ0v) is 13.9. The van der Waals surface area contributed by atoms with E-state index < -0.39 is 12.0 Å². The number of amides is 1. The van der Waals surface area contributed by atoms with Gasteiger partial charge in [0.1, 0.15) is 17.6 Å². The minimum atomic E-state index is -0.557. The molecule has 1 fully saturated rings. The number of hydrogen-bond acceptors (Lipinski definition) is 7. The van der Waals surface area contributed by atoms with Crippen molar-refractivity contribution in [3.05, 3.63) is 42.1 Å². The number of hydrogen-bond donors (Lipinski definition) is 1. The number of benzene rings is 1. The first-order chi connectivity index (χ1) is 12.1. The molecule has 2 aromatic rings. The van der Waals surface area contributed by atoms with E-state index in [-0.39, 0.29) is 11.6 Å². The van der Waals surface area contributed by atoms with Crippen LogP contribution in [-0.2, 0) is 9.53 Å². The van der Waals surface area contributed by atoms with Crippen LogP contribution in [0, 0.1) is 0 Å². The van der Waals surface area contributed by atoms with Gasteiger partial charge < -0.3 is 19.7 Å². The summed E-state index contributed by atoms with van der Waals surface area (Å²) in [6.07, 6.45) is 0.622. The molecule has 0 saturated carbocycles. The van der Waals surface area contributed by atoms with Crippen LogP contribution in [0.15, 0.2) is 36.4 Å². The lowest BCUT2D eigenvalue weighted by atomic mass is 10.2. The maximum atomic E-state index is 12.7. The number of nitrogens with zero attached hydrogens (tertiary/aromatic N) is 3. The van der Waals surface area contributed by atoms with E-state index in [1.807, 2.05) is 24.3 Å². The molecule has 25 heavy (non-hydrogen) atoms. The fraction of sp³-hybridized carbons (Fsp3) is 0.294. The zero-order chi connectivity index (χ0) is 17.8. The highest BCUT2D eigenvalue weighted by Gasteiger charge is 2.34. The molecule has 0 radical (unpaired) electrons. The van der Waals surface area contributed by atoms with Crippen LogP contribution in [0.4, 0.5) is 11.5 Å². The Morgan fingerprint density at radius 1 is 1.20 bits per heavy atom. The summed E-state index contributed by atoms with van der Waals surface area (Å²) < 4.78 is 9.90. The lowest BCUT2D eigenvalue weighted by Crippen LogP contribution is -2.33. The van der Waals surface area contributed by atoms with Crippen LogP contribution in [0.5, 0.6) is 5.75 Å². The molecule has 1 amide bonds. The van der Waals surface area contributed by atoms with Crippen LogP contribution in [0.2, 0.25) is 0 Å². The zero-order valence-electron chi connectivity index (χ0n) is 13.9. The third-order valence-electron chi connectivity index (χ3n) is 3.96. The van der Waals surface area contributed by atoms with Gasteiger partial charge in [-0.1, -0.05) is 12.1 Å². The Labute approximate surface area is 144 Å². The number of carbonyl (C=O) groups is 2. The molecule has 3 rings (SSSR count). The summed E-state index contributed by atoms with van der Waals surface area (Å²) in [5, 5.41) is 10.8. The first-order valence-corrected chi connectivity index (χ1v) is 7.77. The largest absolute Gasteiger partial charge is 0.495 e. The molecule has 0 aliphatic carbocycles. The van der Waals surface area contributed by atoms with Gasteiger partial charge in [0, 0.05) is 6.54 Å². The van der Waals surface area contributed by atoms with Gasteiger partial charge in [0.2, 0.25) is 5.91 Å². The van der Waals surface area contributed by atoms with Gasteiger partial charge in [-0.05, 0) is 30.7 Å². The number of aromatic nitrogens is 2. The van der Waals surface area contributed by atoms with E-state index >= 15 is 0 Å². The van der Waals surface area contributed by atoms with Gasteiger partial charge in [0.05, 0.1) is 19.9 Å². The highest BCUT2D eigenvalue weighted by Crippen LogP contribution is 2.31. The number of carbonyl (C=O) groups excluding carboxylic acids is 2. The number of ether oxygens (including phenoxy) is 2. The highest BCUT2D eigenvalue weighted by molar-refractivity contribution is 6.02. The Hall–Kier alpha value is -3.16. The molecule has 1 aromatic heterocycles. The molecule has 130 valence electrons. The molecule has 1 aliphatic rings. The van der Waals surface area contributed by atoms with Crippen LogP contribution in [0.25, 0.3) is 0 Å². The van der Waals surface area contributed by atoms with E-state index in [2.05, 4.69) is 20.3 Å². The summed E-state index contributed by atoms with van der Waals surface area (Å²) >= 11 is 0. The number of para-hydroxylation sites is 2. The molecular weight excluding hydrogens is 324 g/mol. The third-order valence-corrected chi connectivity index (χ3v) is 3.96. The van der Waals surface area contributed by atoms with Crippen LogP contribution in [0.1, 0.15) is 16.9 Å². The second kappa shape index (κ2) is 7.16. The van der Waals surface area contributed by atoms with Gasteiger partial charge in [-0.25, -0.2) is 4.79 Å². The maximum Gasteiger partial charge on any atom is 0.358 e. The third kappa shape index (κ3) is 3.37. The van der Waals surface area contributed by atoms with Crippen molar-refractivity contribution in [2.24, 2.45) is 0 Å². The molecule has 0 unspecified atom stereocenters. The van der Waals surface area contributed by atoms with Gasteiger partial charge in [0.25, 0.3) is 0 Å². The summed E-state index contributed by atoms with van der Waals surface area (Å²) in [5.41, 5.74) is 0.855. The maximum absolute atomic E-state index is 12.7. The molecule has 8 heteroatoms. The molecule has 1 aliphatic heterocycles. The van der Waals surface area contributed by atoms with Crippen molar-refractivity contribution in [2.75, 3.05) is 31.0 Å². The fourth-order valence-corrected chi connectivity index (χ4v) is 2.71. The van der Waals surface area contributed by atoms with E-state index in [0.717, 1.165) is 5.69 Å². The van der Waals surface area contributed by atoms with Crippen LogP contribution >= 0.6 is 0 Å². The standard InChI is InChI=1S/C17H18N4O4/c1-24-14-6-4-3-5-13(14)21-10-9-11(16(21)22)18-15-8-7-12(19-20-15)17(23)25-2/h3-8,11H,9-10H2,1-2H3,(H,18,20)/t11-/m0/s1. The van der Waals surface area contributed by atoms with Crippen molar-refractivity contribution in [2.45, 2.75) is 12.5 Å². The van der Waals surface area contributed by atoms with E-state index in [9.17, 15) is 9.59 Å². The van der Waals surface area contributed by atoms with Gasteiger partial charge in [-0.2, -0.15) is 0 Å². The number of anilines is 2. The van der Waals surface area contributed by atoms with Crippen molar-refractivity contribution in [3.63, 3.8) is 0 Å². The van der Waals surface area contributed by atoms with Crippen molar-refractivity contribution in [1.29, 1.82) is 0 Å². The van der Waals surface area contributed by atoms with Crippen LogP contribution in [0.3, 0.4) is 0 Å². The van der Waals surface area contributed by atoms with Gasteiger partial charge in [-0.15, -0.1) is 10.2 Å². The Morgan fingerprint density at radius 3 is 2.68 bits per heavy atom. The predicted octanol–water partition coefficient (Wildman–Crippen LogP) is 1.49. The van der Waals surface area contributed by atoms with Gasteiger partial charge in [-0.3, -0.25) is 4.79 Å². The Balaban J connectivity index is 1.71. The minimum Gasteiger partial charge on any atom is -0.495 e. The summed E-state index contributed by atoms with van der Waals surface area (Å²) in [7, 11) is 2.85. The van der Waals surface area contributed by atoms with Crippen LogP contribution in [-0.4, -0.2) is 48.9 Å². The molecule has 1 N–H and O–H groups in total. The Kier molecular flexibility index (Phi) is 4.78. The lowest BCUT2D eigenvalue weighted by molar-refractivity contribution is -0.117. The number of rotatable bonds is 5. The fourth-order valence-electron chi connectivity index (χ4n) is 2.71. The van der Waals surface area contributed by atoms with E-state index in [1.54, 1.807) is 18.1 Å². The molecular formula is C17H18N4O4. The lowest BCUT2D eigenvalue weighted by Gasteiger charge is -2.19. The summed E-state index contributed by atoms with van der Waals surface area (Å²) in [6, 6.07) is 10.1. The predicted molar refractivity (Wildman–Crippen MR) is 90.7 cm³/mol. The summed E-state index contributed by atoms with van der Waals surface area (Å²) in [5.74, 6) is 0.452. The first kappa shape index (κ1) is 16.7. The van der Waals surface area contributed by atoms with Crippen LogP contribution < -0.4 is 15.0 Å².